The highest BCUT2D eigenvalue weighted by Gasteiger charge is 2.19. The molecule has 0 saturated heterocycles. The molecule has 0 fully saturated rings. The van der Waals surface area contributed by atoms with E-state index in [1.165, 1.54) is 18.2 Å². The van der Waals surface area contributed by atoms with Crippen molar-refractivity contribution in [3.63, 3.8) is 0 Å². The van der Waals surface area contributed by atoms with E-state index < -0.39 is 15.9 Å². The van der Waals surface area contributed by atoms with Crippen LogP contribution in [0, 0.1) is 0 Å². The summed E-state index contributed by atoms with van der Waals surface area (Å²) in [4.78, 5) is 16.2. The van der Waals surface area contributed by atoms with Gasteiger partial charge in [-0.1, -0.05) is 13.0 Å². The average Bonchev–Trinajstić information content (AvgIpc) is 2.57. The van der Waals surface area contributed by atoms with E-state index in [4.69, 9.17) is 4.74 Å². The summed E-state index contributed by atoms with van der Waals surface area (Å²) in [5, 5.41) is 0. The van der Waals surface area contributed by atoms with Crippen LogP contribution in [0.3, 0.4) is 0 Å². The van der Waals surface area contributed by atoms with Crippen LogP contribution in [0.1, 0.15) is 25.1 Å². The SMILES string of the molecule is CCOc1ccc(S(=O)(=O)NC(=O)Cc2ccc(CC)cn2)cc1Br. The lowest BCUT2D eigenvalue weighted by molar-refractivity contribution is -0.118. The van der Waals surface area contributed by atoms with Crippen LogP contribution in [0.15, 0.2) is 45.9 Å². The number of nitrogens with one attached hydrogen (secondary N) is 1. The Morgan fingerprint density at radius 2 is 2.00 bits per heavy atom. The normalized spacial score (nSPS) is 11.2. The number of pyridine rings is 1. The molecule has 134 valence electrons. The number of ether oxygens (including phenoxy) is 1. The van der Waals surface area contributed by atoms with Crippen molar-refractivity contribution in [1.29, 1.82) is 0 Å². The Morgan fingerprint density at radius 3 is 2.56 bits per heavy atom. The van der Waals surface area contributed by atoms with Gasteiger partial charge in [0.05, 0.1) is 22.4 Å². The monoisotopic (exact) mass is 426 g/mol. The average molecular weight is 427 g/mol. The molecule has 2 rings (SSSR count). The smallest absolute Gasteiger partial charge is 0.264 e. The van der Waals surface area contributed by atoms with Gasteiger partial charge in [-0.25, -0.2) is 13.1 Å². The molecular formula is C17H19BrN2O4S. The summed E-state index contributed by atoms with van der Waals surface area (Å²) >= 11 is 3.26. The summed E-state index contributed by atoms with van der Waals surface area (Å²) < 4.78 is 32.6. The quantitative estimate of drug-likeness (QED) is 0.735. The van der Waals surface area contributed by atoms with Gasteiger partial charge in [-0.15, -0.1) is 0 Å². The first-order valence-corrected chi connectivity index (χ1v) is 10.0. The zero-order valence-electron chi connectivity index (χ0n) is 14.0. The first-order valence-electron chi connectivity index (χ1n) is 7.77. The Morgan fingerprint density at radius 1 is 1.24 bits per heavy atom. The minimum absolute atomic E-state index is 0.0227. The maximum absolute atomic E-state index is 12.3. The largest absolute Gasteiger partial charge is 0.493 e. The molecule has 1 aromatic carbocycles. The number of carbonyl (C=O) groups is 1. The Kier molecular flexibility index (Phi) is 6.55. The number of halogens is 1. The molecule has 1 N–H and O–H groups in total. The molecule has 0 atom stereocenters. The molecule has 0 radical (unpaired) electrons. The molecule has 2 aromatic rings. The van der Waals surface area contributed by atoms with Crippen molar-refractivity contribution in [1.82, 2.24) is 9.71 Å². The highest BCUT2D eigenvalue weighted by atomic mass is 79.9. The molecule has 0 spiro atoms. The second-order valence-electron chi connectivity index (χ2n) is 5.24. The van der Waals surface area contributed by atoms with E-state index >= 15 is 0 Å². The lowest BCUT2D eigenvalue weighted by Crippen LogP contribution is -2.32. The number of sulfonamides is 1. The maximum atomic E-state index is 12.3. The standard InChI is InChI=1S/C17H19BrN2O4S/c1-3-12-5-6-13(19-11-12)9-17(21)20-25(22,23)14-7-8-16(24-4-2)15(18)10-14/h5-8,10-11H,3-4,9H2,1-2H3,(H,20,21). The van der Waals surface area contributed by atoms with Gasteiger partial charge < -0.3 is 4.74 Å². The van der Waals surface area contributed by atoms with E-state index in [-0.39, 0.29) is 11.3 Å². The van der Waals surface area contributed by atoms with Crippen LogP contribution in [0.25, 0.3) is 0 Å². The van der Waals surface area contributed by atoms with Crippen LogP contribution in [0.2, 0.25) is 0 Å². The molecule has 6 nitrogen and oxygen atoms in total. The van der Waals surface area contributed by atoms with Gasteiger partial charge in [-0.05, 0) is 59.1 Å². The van der Waals surface area contributed by atoms with Crippen LogP contribution in [-0.4, -0.2) is 25.9 Å². The van der Waals surface area contributed by atoms with E-state index in [2.05, 4.69) is 25.6 Å². The third kappa shape index (κ3) is 5.27. The maximum Gasteiger partial charge on any atom is 0.264 e. The van der Waals surface area contributed by atoms with Crippen molar-refractivity contribution in [2.45, 2.75) is 31.6 Å². The molecule has 0 aliphatic carbocycles. The molecule has 0 unspecified atom stereocenters. The molecule has 1 aromatic heterocycles. The number of aryl methyl sites for hydroxylation is 1. The lowest BCUT2D eigenvalue weighted by atomic mass is 10.2. The van der Waals surface area contributed by atoms with Gasteiger partial charge in [0.15, 0.2) is 0 Å². The lowest BCUT2D eigenvalue weighted by Gasteiger charge is -2.10. The predicted octanol–water partition coefficient (Wildman–Crippen LogP) is 2.85. The number of benzene rings is 1. The van der Waals surface area contributed by atoms with Gasteiger partial charge in [0, 0.05) is 11.9 Å². The van der Waals surface area contributed by atoms with Crippen molar-refractivity contribution in [2.75, 3.05) is 6.61 Å². The van der Waals surface area contributed by atoms with Gasteiger partial charge >= 0.3 is 0 Å². The minimum Gasteiger partial charge on any atom is -0.493 e. The molecule has 8 heteroatoms. The number of nitrogens with zero attached hydrogens (tertiary/aromatic N) is 1. The second-order valence-corrected chi connectivity index (χ2v) is 7.78. The first-order chi connectivity index (χ1) is 11.9. The molecule has 0 saturated carbocycles. The summed E-state index contributed by atoms with van der Waals surface area (Å²) in [7, 11) is -3.96. The highest BCUT2D eigenvalue weighted by Crippen LogP contribution is 2.27. The van der Waals surface area contributed by atoms with Crippen molar-refractivity contribution < 1.29 is 17.9 Å². The fraction of sp³-hybridized carbons (Fsp3) is 0.294. The summed E-state index contributed by atoms with van der Waals surface area (Å²) in [6.07, 6.45) is 2.42. The zero-order chi connectivity index (χ0) is 18.4. The Bertz CT molecular complexity index is 851. The summed E-state index contributed by atoms with van der Waals surface area (Å²) in [5.41, 5.74) is 1.56. The van der Waals surface area contributed by atoms with Crippen LogP contribution < -0.4 is 9.46 Å². The van der Waals surface area contributed by atoms with Crippen molar-refractivity contribution in [2.24, 2.45) is 0 Å². The van der Waals surface area contributed by atoms with Crippen LogP contribution in [-0.2, 0) is 27.7 Å². The molecular weight excluding hydrogens is 408 g/mol. The summed E-state index contributed by atoms with van der Waals surface area (Å²) in [6.45, 7) is 4.30. The molecule has 1 heterocycles. The Labute approximate surface area is 155 Å². The highest BCUT2D eigenvalue weighted by molar-refractivity contribution is 9.10. The third-order valence-corrected chi connectivity index (χ3v) is 5.39. The fourth-order valence-corrected chi connectivity index (χ4v) is 3.75. The molecule has 1 amide bonds. The van der Waals surface area contributed by atoms with Gasteiger partial charge in [-0.2, -0.15) is 0 Å². The van der Waals surface area contributed by atoms with Crippen molar-refractivity contribution in [3.8, 4) is 5.75 Å². The van der Waals surface area contributed by atoms with Gasteiger partial charge in [0.1, 0.15) is 5.75 Å². The van der Waals surface area contributed by atoms with E-state index in [1.54, 1.807) is 12.3 Å². The fourth-order valence-electron chi connectivity index (χ4n) is 2.10. The predicted molar refractivity (Wildman–Crippen MR) is 98.0 cm³/mol. The first kappa shape index (κ1) is 19.4. The minimum atomic E-state index is -3.96. The van der Waals surface area contributed by atoms with E-state index in [0.29, 0.717) is 22.5 Å². The second kappa shape index (κ2) is 8.44. The third-order valence-electron chi connectivity index (χ3n) is 3.40. The summed E-state index contributed by atoms with van der Waals surface area (Å²) in [6, 6.07) is 7.92. The molecule has 25 heavy (non-hydrogen) atoms. The molecule has 0 aliphatic rings. The number of amides is 1. The van der Waals surface area contributed by atoms with Crippen LogP contribution >= 0.6 is 15.9 Å². The topological polar surface area (TPSA) is 85.4 Å². The van der Waals surface area contributed by atoms with Crippen molar-refractivity contribution >= 4 is 31.9 Å². The number of carbonyl (C=O) groups excluding carboxylic acids is 1. The van der Waals surface area contributed by atoms with E-state index in [9.17, 15) is 13.2 Å². The molecule has 0 bridgehead atoms. The van der Waals surface area contributed by atoms with E-state index in [1.807, 2.05) is 19.9 Å². The van der Waals surface area contributed by atoms with Crippen LogP contribution in [0.4, 0.5) is 0 Å². The number of aromatic nitrogens is 1. The Hall–Kier alpha value is -1.93. The van der Waals surface area contributed by atoms with Crippen LogP contribution in [0.5, 0.6) is 5.75 Å². The summed E-state index contributed by atoms with van der Waals surface area (Å²) in [5.74, 6) is -0.102. The number of rotatable bonds is 7. The number of hydrogen-bond acceptors (Lipinski definition) is 5. The zero-order valence-corrected chi connectivity index (χ0v) is 16.4. The van der Waals surface area contributed by atoms with Gasteiger partial charge in [0.2, 0.25) is 5.91 Å². The van der Waals surface area contributed by atoms with Crippen molar-refractivity contribution in [3.05, 3.63) is 52.3 Å². The Balaban J connectivity index is 2.09. The van der Waals surface area contributed by atoms with E-state index in [0.717, 1.165) is 12.0 Å². The molecule has 0 aliphatic heterocycles. The van der Waals surface area contributed by atoms with Gasteiger partial charge in [0.25, 0.3) is 10.0 Å². The number of hydrogen-bond donors (Lipinski definition) is 1. The van der Waals surface area contributed by atoms with Gasteiger partial charge in [-0.3, -0.25) is 9.78 Å².